The third kappa shape index (κ3) is 5.39. The third-order valence-electron chi connectivity index (χ3n) is 7.06. The molecule has 3 heterocycles. The maximum Gasteiger partial charge on any atom is 0.240 e. The van der Waals surface area contributed by atoms with Gasteiger partial charge in [-0.3, -0.25) is 14.5 Å². The van der Waals surface area contributed by atoms with Gasteiger partial charge in [-0.2, -0.15) is 5.10 Å². The zero-order chi connectivity index (χ0) is 28.3. The molecule has 2 amide bonds. The van der Waals surface area contributed by atoms with E-state index in [1.54, 1.807) is 16.8 Å². The number of nitrogens with zero attached hydrogens (tertiary/aromatic N) is 3. The zero-order valence-electron chi connectivity index (χ0n) is 22.5. The summed E-state index contributed by atoms with van der Waals surface area (Å²) in [6.45, 7) is 2.58. The highest BCUT2D eigenvalue weighted by molar-refractivity contribution is 8.00. The average Bonchev–Trinajstić information content (AvgIpc) is 3.59. The molecule has 0 saturated carbocycles. The lowest BCUT2D eigenvalue weighted by Crippen LogP contribution is -2.42. The van der Waals surface area contributed by atoms with Gasteiger partial charge in [0.2, 0.25) is 18.6 Å². The van der Waals surface area contributed by atoms with E-state index in [4.69, 9.17) is 14.6 Å². The smallest absolute Gasteiger partial charge is 0.240 e. The molecule has 0 fully saturated rings. The normalized spacial score (nSPS) is 15.9. The average molecular weight is 573 g/mol. The van der Waals surface area contributed by atoms with Crippen LogP contribution in [0.15, 0.2) is 72.8 Å². The zero-order valence-corrected chi connectivity index (χ0v) is 23.3. The fourth-order valence-corrected chi connectivity index (χ4v) is 6.22. The summed E-state index contributed by atoms with van der Waals surface area (Å²) < 4.78 is 26.8. The molecule has 210 valence electrons. The van der Waals surface area contributed by atoms with E-state index in [-0.39, 0.29) is 42.0 Å². The van der Waals surface area contributed by atoms with Crippen LogP contribution in [0.1, 0.15) is 36.1 Å². The second-order valence-corrected chi connectivity index (χ2v) is 10.9. The van der Waals surface area contributed by atoms with Crippen molar-refractivity contribution in [1.29, 1.82) is 0 Å². The topological polar surface area (TPSA) is 85.7 Å². The Morgan fingerprint density at radius 1 is 1.07 bits per heavy atom. The monoisotopic (exact) mass is 572 g/mol. The number of amides is 2. The quantitative estimate of drug-likeness (QED) is 0.281. The molecular formula is C31H29FN4O4S. The Morgan fingerprint density at radius 2 is 1.85 bits per heavy atom. The van der Waals surface area contributed by atoms with Crippen molar-refractivity contribution in [3.05, 3.63) is 89.7 Å². The summed E-state index contributed by atoms with van der Waals surface area (Å²) in [5.41, 5.74) is 3.81. The first-order chi connectivity index (χ1) is 20.0. The largest absolute Gasteiger partial charge is 0.454 e. The molecule has 3 aromatic carbocycles. The van der Waals surface area contributed by atoms with E-state index in [2.05, 4.69) is 12.2 Å². The maximum atomic E-state index is 14.0. The first-order valence-electron chi connectivity index (χ1n) is 13.6. The summed E-state index contributed by atoms with van der Waals surface area (Å²) in [6, 6.07) is 21.5. The van der Waals surface area contributed by atoms with Gasteiger partial charge in [-0.1, -0.05) is 49.7 Å². The van der Waals surface area contributed by atoms with Crippen molar-refractivity contribution < 1.29 is 23.5 Å². The standard InChI is InChI=1S/C31H29FN4O4S/c1-2-3-15-33-26(37)17-35-27(38)18-41-30(21-9-14-24-25(16-21)40-19-39-24)28-29(20-7-5-4-6-8-20)34-36(31(28)35)23-12-10-22(32)11-13-23/h4-14,16,30H,2-3,15,17-19H2,1H3,(H,33,37). The van der Waals surface area contributed by atoms with Crippen LogP contribution < -0.4 is 19.7 Å². The molecule has 1 aromatic heterocycles. The summed E-state index contributed by atoms with van der Waals surface area (Å²) in [5.74, 6) is 1.09. The van der Waals surface area contributed by atoms with Gasteiger partial charge in [0.05, 0.1) is 22.4 Å². The van der Waals surface area contributed by atoms with E-state index in [1.165, 1.54) is 28.8 Å². The molecule has 1 atom stereocenters. The number of ether oxygens (including phenoxy) is 2. The number of fused-ring (bicyclic) bond motifs is 2. The van der Waals surface area contributed by atoms with Crippen molar-refractivity contribution in [3.63, 3.8) is 0 Å². The van der Waals surface area contributed by atoms with Gasteiger partial charge < -0.3 is 14.8 Å². The molecule has 8 nitrogen and oxygen atoms in total. The van der Waals surface area contributed by atoms with Crippen molar-refractivity contribution in [2.75, 3.05) is 30.5 Å². The highest BCUT2D eigenvalue weighted by Gasteiger charge is 2.38. The van der Waals surface area contributed by atoms with Crippen molar-refractivity contribution in [2.24, 2.45) is 0 Å². The highest BCUT2D eigenvalue weighted by Crippen LogP contribution is 2.50. The Hall–Kier alpha value is -4.31. The number of aromatic nitrogens is 2. The van der Waals surface area contributed by atoms with Crippen LogP contribution >= 0.6 is 11.8 Å². The van der Waals surface area contributed by atoms with E-state index in [0.717, 1.165) is 29.5 Å². The summed E-state index contributed by atoms with van der Waals surface area (Å²) in [7, 11) is 0. The molecule has 2 aliphatic rings. The molecule has 0 radical (unpaired) electrons. The maximum absolute atomic E-state index is 14.0. The van der Waals surface area contributed by atoms with Gasteiger partial charge in [0.15, 0.2) is 11.5 Å². The summed E-state index contributed by atoms with van der Waals surface area (Å²) in [5, 5.41) is 7.63. The lowest BCUT2D eigenvalue weighted by Gasteiger charge is -2.23. The van der Waals surface area contributed by atoms with Gasteiger partial charge in [-0.05, 0) is 48.4 Å². The fraction of sp³-hybridized carbons (Fsp3) is 0.258. The summed E-state index contributed by atoms with van der Waals surface area (Å²) in [6.07, 6.45) is 1.79. The number of carbonyl (C=O) groups is 2. The number of benzene rings is 3. The van der Waals surface area contributed by atoms with Crippen molar-refractivity contribution >= 4 is 29.4 Å². The minimum Gasteiger partial charge on any atom is -0.454 e. The highest BCUT2D eigenvalue weighted by atomic mass is 32.2. The van der Waals surface area contributed by atoms with Gasteiger partial charge in [0, 0.05) is 17.7 Å². The SMILES string of the molecule is CCCCNC(=O)CN1C(=O)CSC(c2ccc3c(c2)OCO3)c2c(-c3ccccc3)nn(-c3ccc(F)cc3)c21. The van der Waals surface area contributed by atoms with E-state index in [1.807, 2.05) is 48.5 Å². The number of carbonyl (C=O) groups excluding carboxylic acids is 2. The molecule has 4 aromatic rings. The molecule has 41 heavy (non-hydrogen) atoms. The summed E-state index contributed by atoms with van der Waals surface area (Å²) in [4.78, 5) is 28.4. The molecule has 10 heteroatoms. The van der Waals surface area contributed by atoms with Crippen molar-refractivity contribution in [3.8, 4) is 28.4 Å². The first-order valence-corrected chi connectivity index (χ1v) is 14.6. The molecular weight excluding hydrogens is 543 g/mol. The molecule has 1 N–H and O–H groups in total. The van der Waals surface area contributed by atoms with Crippen LogP contribution in [0.5, 0.6) is 11.5 Å². The van der Waals surface area contributed by atoms with E-state index >= 15 is 0 Å². The van der Waals surface area contributed by atoms with Gasteiger partial charge >= 0.3 is 0 Å². The van der Waals surface area contributed by atoms with Crippen molar-refractivity contribution in [2.45, 2.75) is 25.0 Å². The van der Waals surface area contributed by atoms with Crippen molar-refractivity contribution in [1.82, 2.24) is 15.1 Å². The van der Waals surface area contributed by atoms with E-state index in [9.17, 15) is 14.0 Å². The molecule has 0 bridgehead atoms. The molecule has 0 aliphatic carbocycles. The van der Waals surface area contributed by atoms with Crippen LogP contribution in [-0.2, 0) is 9.59 Å². The number of hydrogen-bond donors (Lipinski definition) is 1. The minimum absolute atomic E-state index is 0.147. The molecule has 6 rings (SSSR count). The van der Waals surface area contributed by atoms with Crippen LogP contribution in [0.3, 0.4) is 0 Å². The predicted octanol–water partition coefficient (Wildman–Crippen LogP) is 5.49. The van der Waals surface area contributed by atoms with E-state index < -0.39 is 0 Å². The van der Waals surface area contributed by atoms with Gasteiger partial charge in [-0.25, -0.2) is 9.07 Å². The molecule has 0 saturated heterocycles. The number of thioether (sulfide) groups is 1. The van der Waals surface area contributed by atoms with Crippen LogP contribution in [0, 0.1) is 5.82 Å². The number of anilines is 1. The van der Waals surface area contributed by atoms with Crippen LogP contribution in [-0.4, -0.2) is 47.2 Å². The Kier molecular flexibility index (Phi) is 7.65. The Balaban J connectivity index is 1.56. The lowest BCUT2D eigenvalue weighted by atomic mass is 9.99. The Labute approximate surface area is 241 Å². The van der Waals surface area contributed by atoms with E-state index in [0.29, 0.717) is 35.2 Å². The first kappa shape index (κ1) is 26.9. The van der Waals surface area contributed by atoms with Crippen LogP contribution in [0.25, 0.3) is 16.9 Å². The Morgan fingerprint density at radius 3 is 2.63 bits per heavy atom. The van der Waals surface area contributed by atoms with Crippen LogP contribution in [0.2, 0.25) is 0 Å². The number of nitrogens with one attached hydrogen (secondary N) is 1. The Bertz CT molecular complexity index is 1580. The van der Waals surface area contributed by atoms with Crippen LogP contribution in [0.4, 0.5) is 10.2 Å². The third-order valence-corrected chi connectivity index (χ3v) is 8.32. The lowest BCUT2D eigenvalue weighted by molar-refractivity contribution is -0.122. The number of halogens is 1. The number of unbranched alkanes of at least 4 members (excludes halogenated alkanes) is 1. The molecule has 2 aliphatic heterocycles. The van der Waals surface area contributed by atoms with Gasteiger partial charge in [-0.15, -0.1) is 11.8 Å². The minimum atomic E-state index is -0.382. The second-order valence-electron chi connectivity index (χ2n) is 9.83. The number of hydrogen-bond acceptors (Lipinski definition) is 6. The van der Waals surface area contributed by atoms with Gasteiger partial charge in [0.1, 0.15) is 18.2 Å². The fourth-order valence-electron chi connectivity index (χ4n) is 5.03. The predicted molar refractivity (Wildman–Crippen MR) is 156 cm³/mol. The second kappa shape index (κ2) is 11.7. The van der Waals surface area contributed by atoms with Gasteiger partial charge in [0.25, 0.3) is 0 Å². The molecule has 1 unspecified atom stereocenters. The number of rotatable bonds is 8. The molecule has 0 spiro atoms. The summed E-state index contributed by atoms with van der Waals surface area (Å²) >= 11 is 1.47.